The van der Waals surface area contributed by atoms with Gasteiger partial charge in [0.25, 0.3) is 0 Å². The summed E-state index contributed by atoms with van der Waals surface area (Å²) >= 11 is 0. The van der Waals surface area contributed by atoms with Gasteiger partial charge in [-0.25, -0.2) is 9.97 Å². The molecule has 1 aromatic carbocycles. The average molecular weight is 350 g/mol. The van der Waals surface area contributed by atoms with E-state index in [2.05, 4.69) is 17.0 Å². The molecule has 0 aliphatic carbocycles. The minimum atomic E-state index is 0.215. The van der Waals surface area contributed by atoms with E-state index in [4.69, 9.17) is 9.97 Å². The monoisotopic (exact) mass is 350 g/mol. The van der Waals surface area contributed by atoms with Crippen LogP contribution in [0, 0.1) is 0 Å². The van der Waals surface area contributed by atoms with Crippen molar-refractivity contribution >= 4 is 11.7 Å². The van der Waals surface area contributed by atoms with Gasteiger partial charge in [-0.1, -0.05) is 37.3 Å². The number of carbonyl (C=O) groups excluding carboxylic acids is 1. The first-order valence-corrected chi connectivity index (χ1v) is 9.74. The van der Waals surface area contributed by atoms with Crippen LogP contribution in [-0.2, 0) is 17.8 Å². The summed E-state index contributed by atoms with van der Waals surface area (Å²) in [6.45, 7) is 5.41. The van der Waals surface area contributed by atoms with Crippen molar-refractivity contribution in [1.29, 1.82) is 0 Å². The van der Waals surface area contributed by atoms with Crippen LogP contribution in [0.1, 0.15) is 43.9 Å². The highest BCUT2D eigenvalue weighted by molar-refractivity contribution is 5.76. The Bertz CT molecular complexity index is 784. The van der Waals surface area contributed by atoms with Crippen LogP contribution < -0.4 is 4.90 Å². The van der Waals surface area contributed by atoms with E-state index >= 15 is 0 Å². The third-order valence-corrected chi connectivity index (χ3v) is 5.38. The molecule has 5 heteroatoms. The molecule has 1 amide bonds. The smallest absolute Gasteiger partial charge is 0.222 e. The highest BCUT2D eigenvalue weighted by Gasteiger charge is 2.27. The predicted octanol–water partition coefficient (Wildman–Crippen LogP) is 3.43. The van der Waals surface area contributed by atoms with E-state index in [9.17, 15) is 4.79 Å². The Balaban J connectivity index is 1.77. The molecular weight excluding hydrogens is 324 g/mol. The maximum absolute atomic E-state index is 12.2. The second kappa shape index (κ2) is 7.44. The quantitative estimate of drug-likeness (QED) is 0.851. The van der Waals surface area contributed by atoms with E-state index in [-0.39, 0.29) is 5.91 Å². The van der Waals surface area contributed by atoms with Gasteiger partial charge in [0, 0.05) is 43.6 Å². The maximum Gasteiger partial charge on any atom is 0.222 e. The third-order valence-electron chi connectivity index (χ3n) is 5.38. The van der Waals surface area contributed by atoms with E-state index in [1.54, 1.807) is 0 Å². The van der Waals surface area contributed by atoms with Crippen molar-refractivity contribution < 1.29 is 4.79 Å². The molecule has 0 unspecified atom stereocenters. The maximum atomic E-state index is 12.2. The molecule has 4 rings (SSSR count). The van der Waals surface area contributed by atoms with E-state index in [1.807, 2.05) is 30.0 Å². The van der Waals surface area contributed by atoms with Crippen molar-refractivity contribution in [2.45, 2.75) is 45.6 Å². The molecule has 0 saturated carbocycles. The van der Waals surface area contributed by atoms with Crippen molar-refractivity contribution in [2.75, 3.05) is 24.5 Å². The van der Waals surface area contributed by atoms with Gasteiger partial charge in [0.1, 0.15) is 5.82 Å². The fourth-order valence-corrected chi connectivity index (χ4v) is 3.92. The van der Waals surface area contributed by atoms with Crippen LogP contribution in [0.3, 0.4) is 0 Å². The first kappa shape index (κ1) is 17.0. The number of anilines is 1. The van der Waals surface area contributed by atoms with Gasteiger partial charge >= 0.3 is 0 Å². The minimum absolute atomic E-state index is 0.215. The predicted molar refractivity (Wildman–Crippen MR) is 103 cm³/mol. The molecule has 1 saturated heterocycles. The second-order valence-electron chi connectivity index (χ2n) is 7.13. The molecule has 136 valence electrons. The summed E-state index contributed by atoms with van der Waals surface area (Å²) in [6, 6.07) is 10.2. The van der Waals surface area contributed by atoms with Crippen LogP contribution in [0.15, 0.2) is 30.3 Å². The Labute approximate surface area is 155 Å². The van der Waals surface area contributed by atoms with Gasteiger partial charge in [-0.15, -0.1) is 0 Å². The van der Waals surface area contributed by atoms with Crippen LogP contribution >= 0.6 is 0 Å². The largest absolute Gasteiger partial charge is 0.356 e. The summed E-state index contributed by atoms with van der Waals surface area (Å²) < 4.78 is 0. The Hall–Kier alpha value is -2.43. The number of hydrogen-bond donors (Lipinski definition) is 0. The van der Waals surface area contributed by atoms with E-state index in [1.165, 1.54) is 19.3 Å². The van der Waals surface area contributed by atoms with Gasteiger partial charge < -0.3 is 9.80 Å². The molecule has 3 heterocycles. The number of nitrogens with zero attached hydrogens (tertiary/aromatic N) is 4. The third kappa shape index (κ3) is 3.30. The van der Waals surface area contributed by atoms with Crippen molar-refractivity contribution in [1.82, 2.24) is 14.9 Å². The molecule has 0 radical (unpaired) electrons. The second-order valence-corrected chi connectivity index (χ2v) is 7.13. The lowest BCUT2D eigenvalue weighted by Crippen LogP contribution is -2.39. The Morgan fingerprint density at radius 3 is 2.54 bits per heavy atom. The lowest BCUT2D eigenvalue weighted by atomic mass is 10.0. The molecule has 2 aromatic rings. The summed E-state index contributed by atoms with van der Waals surface area (Å²) in [4.78, 5) is 26.4. The molecule has 2 aliphatic rings. The van der Waals surface area contributed by atoms with Crippen molar-refractivity contribution in [3.8, 4) is 11.4 Å². The van der Waals surface area contributed by atoms with Gasteiger partial charge in [-0.05, 0) is 19.3 Å². The fourth-order valence-electron chi connectivity index (χ4n) is 3.92. The zero-order chi connectivity index (χ0) is 17.9. The average Bonchev–Trinajstić information content (AvgIpc) is 2.73. The van der Waals surface area contributed by atoms with Gasteiger partial charge in [-0.3, -0.25) is 4.79 Å². The number of aromatic nitrogens is 2. The van der Waals surface area contributed by atoms with Crippen LogP contribution in [0.5, 0.6) is 0 Å². The number of carbonyl (C=O) groups is 1. The lowest BCUT2D eigenvalue weighted by Gasteiger charge is -2.34. The Morgan fingerprint density at radius 2 is 1.81 bits per heavy atom. The van der Waals surface area contributed by atoms with Gasteiger partial charge in [0.15, 0.2) is 5.82 Å². The summed E-state index contributed by atoms with van der Waals surface area (Å²) in [5.74, 6) is 2.06. The Morgan fingerprint density at radius 1 is 1.04 bits per heavy atom. The summed E-state index contributed by atoms with van der Waals surface area (Å²) in [5, 5.41) is 0. The Kier molecular flexibility index (Phi) is 4.87. The number of piperidine rings is 1. The molecule has 5 nitrogen and oxygen atoms in total. The van der Waals surface area contributed by atoms with Crippen LogP contribution in [0.25, 0.3) is 11.4 Å². The number of rotatable bonds is 3. The first-order valence-electron chi connectivity index (χ1n) is 9.74. The molecule has 26 heavy (non-hydrogen) atoms. The van der Waals surface area contributed by atoms with Crippen molar-refractivity contribution in [2.24, 2.45) is 0 Å². The highest BCUT2D eigenvalue weighted by atomic mass is 16.2. The van der Waals surface area contributed by atoms with Crippen LogP contribution in [0.2, 0.25) is 0 Å². The zero-order valence-electron chi connectivity index (χ0n) is 15.4. The number of hydrogen-bond acceptors (Lipinski definition) is 4. The molecular formula is C21H26N4O. The van der Waals surface area contributed by atoms with E-state index in [0.717, 1.165) is 54.5 Å². The fraction of sp³-hybridized carbons (Fsp3) is 0.476. The van der Waals surface area contributed by atoms with E-state index < -0.39 is 0 Å². The van der Waals surface area contributed by atoms with Gasteiger partial charge in [-0.2, -0.15) is 0 Å². The molecule has 0 bridgehead atoms. The number of amides is 1. The first-order chi connectivity index (χ1) is 12.8. The topological polar surface area (TPSA) is 49.3 Å². The zero-order valence-corrected chi connectivity index (χ0v) is 15.4. The van der Waals surface area contributed by atoms with Crippen LogP contribution in [-0.4, -0.2) is 40.4 Å². The minimum Gasteiger partial charge on any atom is -0.356 e. The van der Waals surface area contributed by atoms with Gasteiger partial charge in [0.2, 0.25) is 5.91 Å². The summed E-state index contributed by atoms with van der Waals surface area (Å²) in [6.07, 6.45) is 5.06. The van der Waals surface area contributed by atoms with Crippen molar-refractivity contribution in [3.05, 3.63) is 41.6 Å². The molecule has 0 N–H and O–H groups in total. The summed E-state index contributed by atoms with van der Waals surface area (Å²) in [5.41, 5.74) is 3.32. The normalized spacial score (nSPS) is 17.1. The molecule has 0 atom stereocenters. The SMILES string of the molecule is CCC(=O)N1CCc2nc(-c3ccccc3)nc(N3CCCCC3)c2C1. The highest BCUT2D eigenvalue weighted by Crippen LogP contribution is 2.31. The van der Waals surface area contributed by atoms with E-state index in [0.29, 0.717) is 13.0 Å². The van der Waals surface area contributed by atoms with Gasteiger partial charge in [0.05, 0.1) is 12.2 Å². The number of benzene rings is 1. The molecule has 1 fully saturated rings. The molecule has 1 aromatic heterocycles. The standard InChI is InChI=1S/C21H26N4O/c1-2-19(26)25-14-11-18-17(15-25)21(24-12-7-4-8-13-24)23-20(22-18)16-9-5-3-6-10-16/h3,5-6,9-10H,2,4,7-8,11-15H2,1H3. The van der Waals surface area contributed by atoms with Crippen molar-refractivity contribution in [3.63, 3.8) is 0 Å². The number of fused-ring (bicyclic) bond motifs is 1. The molecule has 0 spiro atoms. The van der Waals surface area contributed by atoms with Crippen LogP contribution in [0.4, 0.5) is 5.82 Å². The summed E-state index contributed by atoms with van der Waals surface area (Å²) in [7, 11) is 0. The lowest BCUT2D eigenvalue weighted by molar-refractivity contribution is -0.131. The molecule has 2 aliphatic heterocycles.